The lowest BCUT2D eigenvalue weighted by Crippen LogP contribution is -2.39. The average molecular weight is 290 g/mol. The van der Waals surface area contributed by atoms with E-state index in [1.54, 1.807) is 0 Å². The SMILES string of the molecule is CC1(C)C[C@H]([C@H](CCCO)C(=O)c2ccccc2)CCO1. The van der Waals surface area contributed by atoms with Gasteiger partial charge in [0.05, 0.1) is 5.60 Å². The molecule has 2 rings (SSSR count). The Morgan fingerprint density at radius 1 is 1.38 bits per heavy atom. The fourth-order valence-electron chi connectivity index (χ4n) is 3.33. The molecule has 1 aliphatic heterocycles. The van der Waals surface area contributed by atoms with Crippen LogP contribution in [0.25, 0.3) is 0 Å². The molecule has 1 N–H and O–H groups in total. The number of carbonyl (C=O) groups excluding carboxylic acids is 1. The maximum Gasteiger partial charge on any atom is 0.166 e. The number of ether oxygens (including phenoxy) is 1. The van der Waals surface area contributed by atoms with Crippen molar-refractivity contribution in [3.05, 3.63) is 35.9 Å². The number of aliphatic hydroxyl groups excluding tert-OH is 1. The van der Waals surface area contributed by atoms with Crippen LogP contribution in [0.5, 0.6) is 0 Å². The highest BCUT2D eigenvalue weighted by atomic mass is 16.5. The fourth-order valence-corrected chi connectivity index (χ4v) is 3.33. The third-order valence-corrected chi connectivity index (χ3v) is 4.37. The lowest BCUT2D eigenvalue weighted by atomic mass is 9.74. The zero-order valence-electron chi connectivity index (χ0n) is 13.0. The molecule has 0 spiro atoms. The molecule has 1 fully saturated rings. The molecule has 1 saturated heterocycles. The van der Waals surface area contributed by atoms with Crippen LogP contribution in [0.2, 0.25) is 0 Å². The predicted octanol–water partition coefficient (Wildman–Crippen LogP) is 3.46. The summed E-state index contributed by atoms with van der Waals surface area (Å²) in [6, 6.07) is 9.52. The topological polar surface area (TPSA) is 46.5 Å². The first-order valence-corrected chi connectivity index (χ1v) is 7.87. The van der Waals surface area contributed by atoms with Crippen LogP contribution in [0, 0.1) is 11.8 Å². The average Bonchev–Trinajstić information content (AvgIpc) is 2.47. The first kappa shape index (κ1) is 16.2. The van der Waals surface area contributed by atoms with Gasteiger partial charge in [0.25, 0.3) is 0 Å². The molecule has 0 unspecified atom stereocenters. The number of hydrogen-bond donors (Lipinski definition) is 1. The molecule has 0 saturated carbocycles. The van der Waals surface area contributed by atoms with E-state index in [0.717, 1.165) is 31.4 Å². The number of carbonyl (C=O) groups is 1. The van der Waals surface area contributed by atoms with Gasteiger partial charge < -0.3 is 9.84 Å². The first-order chi connectivity index (χ1) is 10.0. The third kappa shape index (κ3) is 4.39. The van der Waals surface area contributed by atoms with Gasteiger partial charge in [-0.25, -0.2) is 0 Å². The van der Waals surface area contributed by atoms with Crippen LogP contribution >= 0.6 is 0 Å². The minimum Gasteiger partial charge on any atom is -0.396 e. The molecule has 0 amide bonds. The van der Waals surface area contributed by atoms with E-state index in [-0.39, 0.29) is 23.9 Å². The van der Waals surface area contributed by atoms with Crippen LogP contribution in [0.4, 0.5) is 0 Å². The van der Waals surface area contributed by atoms with Crippen molar-refractivity contribution >= 4 is 5.78 Å². The number of aliphatic hydroxyl groups is 1. The highest BCUT2D eigenvalue weighted by molar-refractivity contribution is 5.98. The summed E-state index contributed by atoms with van der Waals surface area (Å²) in [5.41, 5.74) is 0.627. The van der Waals surface area contributed by atoms with E-state index in [9.17, 15) is 4.79 Å². The second-order valence-electron chi connectivity index (χ2n) is 6.56. The molecule has 1 aromatic rings. The summed E-state index contributed by atoms with van der Waals surface area (Å²) in [6.07, 6.45) is 3.27. The fraction of sp³-hybridized carbons (Fsp3) is 0.611. The monoisotopic (exact) mass is 290 g/mol. The summed E-state index contributed by atoms with van der Waals surface area (Å²) in [6.45, 7) is 5.05. The van der Waals surface area contributed by atoms with E-state index in [0.29, 0.717) is 12.3 Å². The summed E-state index contributed by atoms with van der Waals surface area (Å²) in [5.74, 6) is 0.544. The number of ketones is 1. The van der Waals surface area contributed by atoms with Crippen LogP contribution in [0.15, 0.2) is 30.3 Å². The highest BCUT2D eigenvalue weighted by Crippen LogP contribution is 2.36. The van der Waals surface area contributed by atoms with Crippen LogP contribution in [0.1, 0.15) is 49.9 Å². The molecule has 0 aliphatic carbocycles. The first-order valence-electron chi connectivity index (χ1n) is 7.87. The van der Waals surface area contributed by atoms with Crippen LogP contribution in [-0.2, 0) is 4.74 Å². The Hall–Kier alpha value is -1.19. The van der Waals surface area contributed by atoms with Gasteiger partial charge in [0, 0.05) is 24.7 Å². The molecular formula is C18H26O3. The van der Waals surface area contributed by atoms with Gasteiger partial charge in [-0.05, 0) is 45.4 Å². The molecular weight excluding hydrogens is 264 g/mol. The third-order valence-electron chi connectivity index (χ3n) is 4.37. The predicted molar refractivity (Wildman–Crippen MR) is 83.3 cm³/mol. The van der Waals surface area contributed by atoms with Gasteiger partial charge >= 0.3 is 0 Å². The van der Waals surface area contributed by atoms with E-state index >= 15 is 0 Å². The molecule has 1 aliphatic rings. The van der Waals surface area contributed by atoms with E-state index in [4.69, 9.17) is 9.84 Å². The second-order valence-corrected chi connectivity index (χ2v) is 6.56. The van der Waals surface area contributed by atoms with Gasteiger partial charge in [-0.15, -0.1) is 0 Å². The van der Waals surface area contributed by atoms with Crippen molar-refractivity contribution < 1.29 is 14.6 Å². The van der Waals surface area contributed by atoms with Gasteiger partial charge in [-0.1, -0.05) is 30.3 Å². The Labute approximate surface area is 127 Å². The summed E-state index contributed by atoms with van der Waals surface area (Å²) in [5, 5.41) is 9.13. The minimum absolute atomic E-state index is 0.0114. The smallest absolute Gasteiger partial charge is 0.166 e. The van der Waals surface area contributed by atoms with E-state index < -0.39 is 0 Å². The molecule has 1 heterocycles. The Morgan fingerprint density at radius 3 is 2.71 bits per heavy atom. The summed E-state index contributed by atoms with van der Waals surface area (Å²) < 4.78 is 5.77. The van der Waals surface area contributed by atoms with Crippen LogP contribution in [-0.4, -0.2) is 29.7 Å². The zero-order chi connectivity index (χ0) is 15.3. The van der Waals surface area contributed by atoms with Gasteiger partial charge in [-0.3, -0.25) is 4.79 Å². The lowest BCUT2D eigenvalue weighted by Gasteiger charge is -2.38. The number of benzene rings is 1. The van der Waals surface area contributed by atoms with Crippen molar-refractivity contribution in [2.75, 3.05) is 13.2 Å². The zero-order valence-corrected chi connectivity index (χ0v) is 13.0. The van der Waals surface area contributed by atoms with Gasteiger partial charge in [0.1, 0.15) is 0 Å². The van der Waals surface area contributed by atoms with Crippen LogP contribution in [0.3, 0.4) is 0 Å². The molecule has 0 aromatic heterocycles. The van der Waals surface area contributed by atoms with E-state index in [1.165, 1.54) is 0 Å². The highest BCUT2D eigenvalue weighted by Gasteiger charge is 2.36. The lowest BCUT2D eigenvalue weighted by molar-refractivity contribution is -0.0803. The van der Waals surface area contributed by atoms with Crippen molar-refractivity contribution in [3.8, 4) is 0 Å². The summed E-state index contributed by atoms with van der Waals surface area (Å²) in [7, 11) is 0. The Bertz CT molecular complexity index is 453. The molecule has 0 radical (unpaired) electrons. The van der Waals surface area contributed by atoms with Crippen molar-refractivity contribution in [1.29, 1.82) is 0 Å². The molecule has 0 bridgehead atoms. The maximum absolute atomic E-state index is 12.8. The van der Waals surface area contributed by atoms with Gasteiger partial charge in [0.2, 0.25) is 0 Å². The molecule has 2 atom stereocenters. The normalized spacial score (nSPS) is 22.7. The standard InChI is InChI=1S/C18H26O3/c1-18(2)13-15(10-12-21-18)16(9-6-11-19)17(20)14-7-4-3-5-8-14/h3-5,7-8,15-16,19H,6,9-13H2,1-2H3/t15-,16+/m1/s1. The Morgan fingerprint density at radius 2 is 2.10 bits per heavy atom. The summed E-state index contributed by atoms with van der Waals surface area (Å²) in [4.78, 5) is 12.8. The van der Waals surface area contributed by atoms with Gasteiger partial charge in [-0.2, -0.15) is 0 Å². The molecule has 1 aromatic carbocycles. The number of rotatable bonds is 6. The van der Waals surface area contributed by atoms with Crippen molar-refractivity contribution in [1.82, 2.24) is 0 Å². The molecule has 3 nitrogen and oxygen atoms in total. The molecule has 116 valence electrons. The second kappa shape index (κ2) is 7.19. The Balaban J connectivity index is 2.15. The van der Waals surface area contributed by atoms with Crippen molar-refractivity contribution in [3.63, 3.8) is 0 Å². The van der Waals surface area contributed by atoms with Crippen molar-refractivity contribution in [2.45, 2.75) is 45.1 Å². The van der Waals surface area contributed by atoms with E-state index in [1.807, 2.05) is 30.3 Å². The number of Topliss-reactive ketones (excluding diaryl/α,β-unsaturated/α-hetero) is 1. The molecule has 21 heavy (non-hydrogen) atoms. The van der Waals surface area contributed by atoms with E-state index in [2.05, 4.69) is 13.8 Å². The maximum atomic E-state index is 12.8. The quantitative estimate of drug-likeness (QED) is 0.816. The minimum atomic E-state index is -0.155. The Kier molecular flexibility index (Phi) is 5.54. The van der Waals surface area contributed by atoms with Crippen molar-refractivity contribution in [2.24, 2.45) is 11.8 Å². The number of hydrogen-bond acceptors (Lipinski definition) is 3. The summed E-state index contributed by atoms with van der Waals surface area (Å²) >= 11 is 0. The van der Waals surface area contributed by atoms with Gasteiger partial charge in [0.15, 0.2) is 5.78 Å². The van der Waals surface area contributed by atoms with Crippen LogP contribution < -0.4 is 0 Å². The molecule has 3 heteroatoms. The largest absolute Gasteiger partial charge is 0.396 e.